The van der Waals surface area contributed by atoms with Gasteiger partial charge >= 0.3 is 6.03 Å². The molecule has 0 fully saturated rings. The van der Waals surface area contributed by atoms with Gasteiger partial charge in [-0.1, -0.05) is 11.6 Å². The number of anilines is 1. The number of carbonyl (C=O) groups is 1. The summed E-state index contributed by atoms with van der Waals surface area (Å²) in [5, 5.41) is 5.37. The molecule has 0 aromatic carbocycles. The number of hydrogen-bond donors (Lipinski definition) is 0. The van der Waals surface area contributed by atoms with Gasteiger partial charge in [-0.3, -0.25) is 4.21 Å². The van der Waals surface area contributed by atoms with Crippen LogP contribution in [0.25, 0.3) is 0 Å². The topological polar surface area (TPSA) is 76.0 Å². The Hall–Kier alpha value is -0.960. The van der Waals surface area contributed by atoms with Gasteiger partial charge in [-0.2, -0.15) is 5.10 Å². The Kier molecular flexibility index (Phi) is 4.00. The van der Waals surface area contributed by atoms with Gasteiger partial charge in [-0.05, 0) is 19.1 Å². The Morgan fingerprint density at radius 2 is 2.39 bits per heavy atom. The third-order valence-electron chi connectivity index (χ3n) is 2.28. The monoisotopic (exact) mass is 306 g/mol. The molecule has 18 heavy (non-hydrogen) atoms. The van der Waals surface area contributed by atoms with E-state index in [9.17, 15) is 13.6 Å². The van der Waals surface area contributed by atoms with Crippen LogP contribution in [0.3, 0.4) is 0 Å². The van der Waals surface area contributed by atoms with Crippen LogP contribution in [-0.4, -0.2) is 32.1 Å². The molecule has 0 N–H and O–H groups in total. The fraction of sp³-hybridized carbons (Fsp3) is 0.333. The number of carbonyl (C=O) groups excluding carboxylic acids is 1. The van der Waals surface area contributed by atoms with E-state index >= 15 is 0 Å². The van der Waals surface area contributed by atoms with Crippen molar-refractivity contribution in [1.82, 2.24) is 5.01 Å². The summed E-state index contributed by atoms with van der Waals surface area (Å²) in [5.74, 6) is 0. The normalized spacial score (nSPS) is 16.6. The molecular weight excluding hydrogens is 298 g/mol. The number of halogens is 1. The van der Waals surface area contributed by atoms with Crippen molar-refractivity contribution < 1.29 is 13.6 Å². The zero-order chi connectivity index (χ0) is 13.3. The molecule has 0 saturated heterocycles. The summed E-state index contributed by atoms with van der Waals surface area (Å²) < 4.78 is 23.4. The molecule has 1 aliphatic heterocycles. The number of hydrogen-bond acceptors (Lipinski definition) is 5. The fourth-order valence-electron chi connectivity index (χ4n) is 1.46. The molecule has 0 aliphatic carbocycles. The number of urea groups is 1. The van der Waals surface area contributed by atoms with E-state index in [1.807, 2.05) is 0 Å². The van der Waals surface area contributed by atoms with Gasteiger partial charge in [-0.15, -0.1) is 11.3 Å². The molecule has 2 heterocycles. The molecule has 6 nitrogen and oxygen atoms in total. The molecular formula is C9H9ClN3O3S2-. The lowest BCUT2D eigenvalue weighted by Crippen LogP contribution is -2.40. The van der Waals surface area contributed by atoms with Crippen molar-refractivity contribution in [3.05, 3.63) is 16.5 Å². The van der Waals surface area contributed by atoms with Gasteiger partial charge in [0.25, 0.3) is 0 Å². The highest BCUT2D eigenvalue weighted by molar-refractivity contribution is 7.81. The minimum absolute atomic E-state index is 0.248. The second-order valence-electron chi connectivity index (χ2n) is 3.58. The molecule has 1 atom stereocenters. The van der Waals surface area contributed by atoms with Crippen LogP contribution >= 0.6 is 22.9 Å². The summed E-state index contributed by atoms with van der Waals surface area (Å²) in [6.07, 6.45) is 0.649. The maximum absolute atomic E-state index is 12.1. The number of hydrazone groups is 1. The molecule has 0 radical (unpaired) electrons. The lowest BCUT2D eigenvalue weighted by atomic mass is 10.3. The van der Waals surface area contributed by atoms with Gasteiger partial charge < -0.3 is 4.55 Å². The molecule has 2 amide bonds. The van der Waals surface area contributed by atoms with Gasteiger partial charge in [-0.25, -0.2) is 14.1 Å². The summed E-state index contributed by atoms with van der Waals surface area (Å²) in [4.78, 5) is 12.1. The van der Waals surface area contributed by atoms with E-state index in [-0.39, 0.29) is 5.00 Å². The van der Waals surface area contributed by atoms with Crippen molar-refractivity contribution in [2.24, 2.45) is 5.10 Å². The van der Waals surface area contributed by atoms with E-state index in [4.69, 9.17) is 11.6 Å². The van der Waals surface area contributed by atoms with E-state index in [2.05, 4.69) is 5.10 Å². The fourth-order valence-corrected chi connectivity index (χ4v) is 3.12. The number of rotatable bonds is 2. The van der Waals surface area contributed by atoms with Crippen molar-refractivity contribution in [2.45, 2.75) is 13.3 Å². The van der Waals surface area contributed by atoms with Crippen LogP contribution in [0.15, 0.2) is 17.2 Å². The predicted molar refractivity (Wildman–Crippen MR) is 70.6 cm³/mol. The van der Waals surface area contributed by atoms with Crippen LogP contribution in [0.2, 0.25) is 4.34 Å². The first kappa shape index (κ1) is 13.5. The van der Waals surface area contributed by atoms with Crippen LogP contribution in [0.4, 0.5) is 9.80 Å². The average molecular weight is 307 g/mol. The lowest BCUT2D eigenvalue weighted by Gasteiger charge is -2.25. The Balaban J connectivity index is 2.26. The first-order chi connectivity index (χ1) is 8.49. The Morgan fingerprint density at radius 1 is 1.67 bits per heavy atom. The Bertz CT molecular complexity index is 531. The SMILES string of the molecule is CC1=NN(C(=O)N(c2ccc(Cl)s2)S(=O)[O-])CC1. The van der Waals surface area contributed by atoms with E-state index in [1.54, 1.807) is 6.92 Å². The highest BCUT2D eigenvalue weighted by Crippen LogP contribution is 2.31. The molecule has 9 heteroatoms. The standard InChI is InChI=1S/C9H10ClN3O3S2/c1-6-4-5-12(11-6)9(14)13(18(15)16)8-3-2-7(10)17-8/h2-3H,4-5H2,1H3,(H,15,16)/p-1. The first-order valence-electron chi connectivity index (χ1n) is 4.99. The van der Waals surface area contributed by atoms with Crippen molar-refractivity contribution >= 4 is 50.9 Å². The third kappa shape index (κ3) is 2.72. The zero-order valence-corrected chi connectivity index (χ0v) is 11.7. The van der Waals surface area contributed by atoms with Crippen LogP contribution < -0.4 is 4.31 Å². The Morgan fingerprint density at radius 3 is 2.83 bits per heavy atom. The second-order valence-corrected chi connectivity index (χ2v) is 6.07. The molecule has 1 unspecified atom stereocenters. The van der Waals surface area contributed by atoms with E-state index in [1.165, 1.54) is 12.1 Å². The quantitative estimate of drug-likeness (QED) is 0.786. The summed E-state index contributed by atoms with van der Waals surface area (Å²) in [6, 6.07) is 2.32. The lowest BCUT2D eigenvalue weighted by molar-refractivity contribution is 0.215. The van der Waals surface area contributed by atoms with Crippen molar-refractivity contribution in [1.29, 1.82) is 0 Å². The molecule has 1 aliphatic rings. The third-order valence-corrected chi connectivity index (χ3v) is 4.26. The van der Waals surface area contributed by atoms with Gasteiger partial charge in [0.2, 0.25) is 0 Å². The predicted octanol–water partition coefficient (Wildman–Crippen LogP) is 2.20. The molecule has 98 valence electrons. The van der Waals surface area contributed by atoms with Gasteiger partial charge in [0.1, 0.15) is 5.00 Å². The number of nitrogens with zero attached hydrogens (tertiary/aromatic N) is 3. The van der Waals surface area contributed by atoms with Gasteiger partial charge in [0, 0.05) is 12.1 Å². The summed E-state index contributed by atoms with van der Waals surface area (Å²) >= 11 is 4.05. The highest BCUT2D eigenvalue weighted by atomic mass is 35.5. The van der Waals surface area contributed by atoms with Crippen molar-refractivity contribution in [3.63, 3.8) is 0 Å². The van der Waals surface area contributed by atoms with Crippen LogP contribution in [0, 0.1) is 0 Å². The largest absolute Gasteiger partial charge is 0.755 e. The first-order valence-corrected chi connectivity index (χ1v) is 7.22. The van der Waals surface area contributed by atoms with Gasteiger partial charge in [0.15, 0.2) is 0 Å². The maximum atomic E-state index is 12.1. The maximum Gasteiger partial charge on any atom is 0.356 e. The number of thiophene rings is 1. The van der Waals surface area contributed by atoms with Crippen LogP contribution in [-0.2, 0) is 11.3 Å². The number of amides is 2. The van der Waals surface area contributed by atoms with Crippen LogP contribution in [0.1, 0.15) is 13.3 Å². The molecule has 2 rings (SSSR count). The minimum atomic E-state index is -2.70. The smallest absolute Gasteiger partial charge is 0.356 e. The Labute approximate surface area is 115 Å². The molecule has 1 aromatic heterocycles. The van der Waals surface area contributed by atoms with E-state index in [0.29, 0.717) is 21.6 Å². The molecule has 0 bridgehead atoms. The van der Waals surface area contributed by atoms with E-state index < -0.39 is 17.3 Å². The highest BCUT2D eigenvalue weighted by Gasteiger charge is 2.27. The second kappa shape index (κ2) is 5.35. The van der Waals surface area contributed by atoms with Crippen molar-refractivity contribution in [2.75, 3.05) is 10.8 Å². The molecule has 0 spiro atoms. The molecule has 1 aromatic rings. The van der Waals surface area contributed by atoms with Gasteiger partial charge in [0.05, 0.1) is 22.1 Å². The minimum Gasteiger partial charge on any atom is -0.755 e. The summed E-state index contributed by atoms with van der Waals surface area (Å²) in [5.41, 5.74) is 0.796. The van der Waals surface area contributed by atoms with Crippen molar-refractivity contribution in [3.8, 4) is 0 Å². The van der Waals surface area contributed by atoms with E-state index in [0.717, 1.165) is 22.1 Å². The summed E-state index contributed by atoms with van der Waals surface area (Å²) in [7, 11) is 0. The zero-order valence-electron chi connectivity index (χ0n) is 9.33. The summed E-state index contributed by atoms with van der Waals surface area (Å²) in [6.45, 7) is 2.17. The molecule has 0 saturated carbocycles. The van der Waals surface area contributed by atoms with Crippen LogP contribution in [0.5, 0.6) is 0 Å². The average Bonchev–Trinajstić information content (AvgIpc) is 2.87.